The van der Waals surface area contributed by atoms with Crippen molar-refractivity contribution in [1.82, 2.24) is 14.7 Å². The predicted molar refractivity (Wildman–Crippen MR) is 74.9 cm³/mol. The summed E-state index contributed by atoms with van der Waals surface area (Å²) in [6.07, 6.45) is 4.76. The van der Waals surface area contributed by atoms with Crippen molar-refractivity contribution < 1.29 is 14.6 Å². The van der Waals surface area contributed by atoms with Crippen LogP contribution in [0.3, 0.4) is 0 Å². The fourth-order valence-electron chi connectivity index (χ4n) is 2.24. The molecule has 0 bridgehead atoms. The molecule has 1 fully saturated rings. The van der Waals surface area contributed by atoms with Gasteiger partial charge in [-0.15, -0.1) is 0 Å². The highest BCUT2D eigenvalue weighted by molar-refractivity contribution is 5.91. The molecule has 1 aromatic rings. The molecule has 2 atom stereocenters. The van der Waals surface area contributed by atoms with E-state index in [1.54, 1.807) is 23.2 Å². The molecule has 0 aliphatic carbocycles. The van der Waals surface area contributed by atoms with Gasteiger partial charge in [-0.1, -0.05) is 0 Å². The average Bonchev–Trinajstić information content (AvgIpc) is 2.92. The summed E-state index contributed by atoms with van der Waals surface area (Å²) in [7, 11) is 0. The number of amides is 1. The van der Waals surface area contributed by atoms with E-state index in [1.165, 1.54) is 0 Å². The average molecular weight is 279 g/mol. The number of carbonyl (C=O) groups excluding carboxylic acids is 1. The maximum absolute atomic E-state index is 12.2. The fourth-order valence-corrected chi connectivity index (χ4v) is 2.24. The molecular formula is C14H21N3O3. The minimum atomic E-state index is -0.287. The van der Waals surface area contributed by atoms with E-state index in [-0.39, 0.29) is 24.7 Å². The van der Waals surface area contributed by atoms with Gasteiger partial charge in [0.1, 0.15) is 0 Å². The molecule has 2 unspecified atom stereocenters. The Labute approximate surface area is 118 Å². The van der Waals surface area contributed by atoms with Gasteiger partial charge < -0.3 is 14.7 Å². The van der Waals surface area contributed by atoms with E-state index in [0.29, 0.717) is 13.2 Å². The quantitative estimate of drug-likeness (QED) is 0.816. The summed E-state index contributed by atoms with van der Waals surface area (Å²) in [5.41, 5.74) is 0.903. The van der Waals surface area contributed by atoms with Crippen LogP contribution in [0.25, 0.3) is 6.08 Å². The van der Waals surface area contributed by atoms with E-state index in [1.807, 2.05) is 24.6 Å². The van der Waals surface area contributed by atoms with Crippen LogP contribution in [0.5, 0.6) is 0 Å². The number of hydrogen-bond donors (Lipinski definition) is 1. The molecule has 0 saturated carbocycles. The van der Waals surface area contributed by atoms with E-state index in [0.717, 1.165) is 12.2 Å². The van der Waals surface area contributed by atoms with Gasteiger partial charge in [0.2, 0.25) is 5.91 Å². The lowest BCUT2D eigenvalue weighted by Crippen LogP contribution is -2.51. The van der Waals surface area contributed by atoms with Gasteiger partial charge in [0.15, 0.2) is 0 Å². The molecule has 110 valence electrons. The van der Waals surface area contributed by atoms with Crippen LogP contribution in [0.15, 0.2) is 18.3 Å². The van der Waals surface area contributed by atoms with Crippen molar-refractivity contribution in [1.29, 1.82) is 0 Å². The van der Waals surface area contributed by atoms with E-state index in [2.05, 4.69) is 5.10 Å². The number of aliphatic hydroxyl groups is 1. The van der Waals surface area contributed by atoms with Crippen molar-refractivity contribution in [3.05, 3.63) is 24.0 Å². The molecular weight excluding hydrogens is 258 g/mol. The summed E-state index contributed by atoms with van der Waals surface area (Å²) in [6.45, 7) is 5.52. The molecule has 0 radical (unpaired) electrons. The zero-order valence-electron chi connectivity index (χ0n) is 11.9. The van der Waals surface area contributed by atoms with E-state index in [4.69, 9.17) is 9.84 Å². The second-order valence-corrected chi connectivity index (χ2v) is 4.88. The summed E-state index contributed by atoms with van der Waals surface area (Å²) in [6, 6.07) is 1.89. The smallest absolute Gasteiger partial charge is 0.247 e. The first-order valence-electron chi connectivity index (χ1n) is 6.88. The Morgan fingerprint density at radius 3 is 3.15 bits per heavy atom. The summed E-state index contributed by atoms with van der Waals surface area (Å²) >= 11 is 0. The molecule has 1 aliphatic heterocycles. The highest BCUT2D eigenvalue weighted by Gasteiger charge is 2.27. The van der Waals surface area contributed by atoms with Crippen LogP contribution in [-0.2, 0) is 16.1 Å². The molecule has 2 heterocycles. The third-order valence-electron chi connectivity index (χ3n) is 3.44. The monoisotopic (exact) mass is 279 g/mol. The number of nitrogens with zero attached hydrogens (tertiary/aromatic N) is 3. The molecule has 1 amide bonds. The van der Waals surface area contributed by atoms with Gasteiger partial charge in [0, 0.05) is 25.4 Å². The number of aryl methyl sites for hydroxylation is 1. The van der Waals surface area contributed by atoms with Gasteiger partial charge in [-0.05, 0) is 26.0 Å². The van der Waals surface area contributed by atoms with Crippen LogP contribution in [0, 0.1) is 0 Å². The van der Waals surface area contributed by atoms with Crippen LogP contribution >= 0.6 is 0 Å². The van der Waals surface area contributed by atoms with Crippen molar-refractivity contribution in [2.24, 2.45) is 0 Å². The highest BCUT2D eigenvalue weighted by Crippen LogP contribution is 2.13. The molecule has 1 N–H and O–H groups in total. The van der Waals surface area contributed by atoms with Crippen molar-refractivity contribution in [2.75, 3.05) is 19.8 Å². The number of aliphatic hydroxyl groups excluding tert-OH is 1. The standard InChI is InChI=1S/C14H21N3O3/c1-3-17-12(6-7-15-17)4-5-14(19)16-8-13(9-18)20-10-11(16)2/h4-7,11,13,18H,3,8-10H2,1-2H3/b5-4+. The number of morpholine rings is 1. The van der Waals surface area contributed by atoms with Gasteiger partial charge in [0.05, 0.1) is 31.1 Å². The molecule has 2 rings (SSSR count). The fraction of sp³-hybridized carbons (Fsp3) is 0.571. The second kappa shape index (κ2) is 6.67. The maximum atomic E-state index is 12.2. The second-order valence-electron chi connectivity index (χ2n) is 4.88. The minimum Gasteiger partial charge on any atom is -0.394 e. The Hall–Kier alpha value is -1.66. The lowest BCUT2D eigenvalue weighted by Gasteiger charge is -2.36. The van der Waals surface area contributed by atoms with Crippen molar-refractivity contribution in [3.8, 4) is 0 Å². The van der Waals surface area contributed by atoms with Crippen molar-refractivity contribution in [3.63, 3.8) is 0 Å². The zero-order valence-corrected chi connectivity index (χ0v) is 11.9. The number of aromatic nitrogens is 2. The topological polar surface area (TPSA) is 67.6 Å². The first kappa shape index (κ1) is 14.7. The number of hydrogen-bond acceptors (Lipinski definition) is 4. The van der Waals surface area contributed by atoms with Gasteiger partial charge in [-0.2, -0.15) is 5.10 Å². The third-order valence-corrected chi connectivity index (χ3v) is 3.44. The molecule has 1 aliphatic rings. The Morgan fingerprint density at radius 2 is 2.45 bits per heavy atom. The maximum Gasteiger partial charge on any atom is 0.247 e. The van der Waals surface area contributed by atoms with Gasteiger partial charge in [-0.25, -0.2) is 0 Å². The molecule has 20 heavy (non-hydrogen) atoms. The Balaban J connectivity index is 2.03. The normalized spacial score (nSPS) is 23.4. The van der Waals surface area contributed by atoms with Crippen LogP contribution in [-0.4, -0.2) is 57.6 Å². The third kappa shape index (κ3) is 3.26. The molecule has 1 saturated heterocycles. The molecule has 6 heteroatoms. The van der Waals surface area contributed by atoms with Gasteiger partial charge in [0.25, 0.3) is 0 Å². The van der Waals surface area contributed by atoms with E-state index >= 15 is 0 Å². The van der Waals surface area contributed by atoms with E-state index < -0.39 is 0 Å². The summed E-state index contributed by atoms with van der Waals surface area (Å²) in [5, 5.41) is 13.3. The van der Waals surface area contributed by atoms with Gasteiger partial charge in [-0.3, -0.25) is 9.48 Å². The first-order chi connectivity index (χ1) is 9.65. The van der Waals surface area contributed by atoms with Crippen molar-refractivity contribution in [2.45, 2.75) is 32.5 Å². The number of carbonyl (C=O) groups is 1. The zero-order chi connectivity index (χ0) is 14.5. The number of ether oxygens (including phenoxy) is 1. The predicted octanol–water partition coefficient (Wildman–Crippen LogP) is 0.524. The van der Waals surface area contributed by atoms with Crippen LogP contribution < -0.4 is 0 Å². The minimum absolute atomic E-state index is 0.0195. The molecule has 0 aromatic carbocycles. The Morgan fingerprint density at radius 1 is 1.65 bits per heavy atom. The molecule has 1 aromatic heterocycles. The highest BCUT2D eigenvalue weighted by atomic mass is 16.5. The van der Waals surface area contributed by atoms with Gasteiger partial charge >= 0.3 is 0 Å². The Kier molecular flexibility index (Phi) is 4.92. The summed E-state index contributed by atoms with van der Waals surface area (Å²) in [5.74, 6) is -0.0666. The summed E-state index contributed by atoms with van der Waals surface area (Å²) in [4.78, 5) is 14.0. The SMILES string of the molecule is CCn1nccc1/C=C/C(=O)N1CC(CO)OCC1C. The van der Waals surface area contributed by atoms with Crippen LogP contribution in [0.2, 0.25) is 0 Å². The Bertz CT molecular complexity index is 484. The molecule has 6 nitrogen and oxygen atoms in total. The van der Waals surface area contributed by atoms with Crippen LogP contribution in [0.1, 0.15) is 19.5 Å². The molecule has 0 spiro atoms. The largest absolute Gasteiger partial charge is 0.394 e. The van der Waals surface area contributed by atoms with Crippen molar-refractivity contribution >= 4 is 12.0 Å². The van der Waals surface area contributed by atoms with E-state index in [9.17, 15) is 4.79 Å². The number of rotatable bonds is 4. The lowest BCUT2D eigenvalue weighted by molar-refractivity contribution is -0.140. The summed E-state index contributed by atoms with van der Waals surface area (Å²) < 4.78 is 7.25. The lowest BCUT2D eigenvalue weighted by atomic mass is 10.2. The first-order valence-corrected chi connectivity index (χ1v) is 6.88. The van der Waals surface area contributed by atoms with Crippen LogP contribution in [0.4, 0.5) is 0 Å².